The summed E-state index contributed by atoms with van der Waals surface area (Å²) in [6.07, 6.45) is 29.5. The quantitative estimate of drug-likeness (QED) is 0.0572. The van der Waals surface area contributed by atoms with Crippen molar-refractivity contribution < 1.29 is 19.1 Å². The maximum Gasteiger partial charge on any atom is 0.306 e. The van der Waals surface area contributed by atoms with Crippen LogP contribution < -0.4 is 0 Å². The summed E-state index contributed by atoms with van der Waals surface area (Å²) >= 11 is 0. The molecule has 5 nitrogen and oxygen atoms in total. The molecule has 0 N–H and O–H groups in total. The van der Waals surface area contributed by atoms with Crippen molar-refractivity contribution in [1.82, 2.24) is 4.90 Å². The summed E-state index contributed by atoms with van der Waals surface area (Å²) in [6, 6.07) is 0. The normalized spacial score (nSPS) is 12.3. The summed E-state index contributed by atoms with van der Waals surface area (Å²) in [6.45, 7) is 7.94. The van der Waals surface area contributed by atoms with E-state index in [1.165, 1.54) is 109 Å². The molecule has 0 heterocycles. The molecule has 1 atom stereocenters. The van der Waals surface area contributed by atoms with E-state index < -0.39 is 0 Å². The van der Waals surface area contributed by atoms with E-state index in [2.05, 4.69) is 39.8 Å². The number of unbranched alkanes of at least 4 members (excludes halogenated alkanes) is 17. The molecule has 0 spiro atoms. The highest BCUT2D eigenvalue weighted by Crippen LogP contribution is 2.23. The van der Waals surface area contributed by atoms with Crippen molar-refractivity contribution in [3.63, 3.8) is 0 Å². The number of carbonyl (C=O) groups is 2. The van der Waals surface area contributed by atoms with Gasteiger partial charge in [0.25, 0.3) is 0 Å². The summed E-state index contributed by atoms with van der Waals surface area (Å²) in [5, 5.41) is 0. The molecule has 1 unspecified atom stereocenters. The fourth-order valence-electron chi connectivity index (χ4n) is 5.70. The smallest absolute Gasteiger partial charge is 0.306 e. The lowest BCUT2D eigenvalue weighted by Gasteiger charge is -2.20. The number of hydrogen-bond acceptors (Lipinski definition) is 5. The fraction of sp³-hybridized carbons (Fsp3) is 0.946. The van der Waals surface area contributed by atoms with E-state index in [9.17, 15) is 9.59 Å². The van der Waals surface area contributed by atoms with Crippen LogP contribution in [0.2, 0.25) is 0 Å². The van der Waals surface area contributed by atoms with Gasteiger partial charge in [0.2, 0.25) is 0 Å². The Bertz CT molecular complexity index is 580. The Morgan fingerprint density at radius 3 is 1.48 bits per heavy atom. The van der Waals surface area contributed by atoms with Gasteiger partial charge >= 0.3 is 11.9 Å². The molecule has 0 fully saturated rings. The van der Waals surface area contributed by atoms with Crippen LogP contribution in [-0.2, 0) is 19.1 Å². The summed E-state index contributed by atoms with van der Waals surface area (Å²) in [4.78, 5) is 27.7. The maximum absolute atomic E-state index is 12.9. The van der Waals surface area contributed by atoms with Crippen molar-refractivity contribution in [1.29, 1.82) is 0 Å². The molecule has 0 saturated heterocycles. The molecule has 0 amide bonds. The highest BCUT2D eigenvalue weighted by molar-refractivity contribution is 5.70. The average Bonchev–Trinajstić information content (AvgIpc) is 2.96. The monoisotopic (exact) mass is 596 g/mol. The topological polar surface area (TPSA) is 55.8 Å². The van der Waals surface area contributed by atoms with Gasteiger partial charge in [-0.2, -0.15) is 0 Å². The molecular weight excluding hydrogens is 522 g/mol. The zero-order chi connectivity index (χ0) is 31.1. The van der Waals surface area contributed by atoms with E-state index in [0.717, 1.165) is 51.5 Å². The third-order valence-corrected chi connectivity index (χ3v) is 8.48. The third kappa shape index (κ3) is 29.0. The van der Waals surface area contributed by atoms with Crippen LogP contribution in [0.3, 0.4) is 0 Å². The van der Waals surface area contributed by atoms with Gasteiger partial charge in [0, 0.05) is 12.8 Å². The SMILES string of the molecule is CCCCCCCCCCCC(COC(=O)CC(CCCCCCC)CCCCCCC)OC(=O)CCCCN(C)C. The molecule has 0 saturated carbocycles. The second-order valence-electron chi connectivity index (χ2n) is 13.1. The van der Waals surface area contributed by atoms with Crippen molar-refractivity contribution in [2.45, 2.75) is 194 Å². The fourth-order valence-corrected chi connectivity index (χ4v) is 5.70. The Hall–Kier alpha value is -1.10. The molecule has 250 valence electrons. The lowest BCUT2D eigenvalue weighted by atomic mass is 9.91. The lowest BCUT2D eigenvalue weighted by molar-refractivity contribution is -0.160. The Labute approximate surface area is 262 Å². The molecule has 0 aromatic carbocycles. The van der Waals surface area contributed by atoms with Crippen LogP contribution in [0.4, 0.5) is 0 Å². The Kier molecular flexibility index (Phi) is 30.5. The van der Waals surface area contributed by atoms with Crippen LogP contribution in [0.25, 0.3) is 0 Å². The standard InChI is InChI=1S/C37H73NO4/c1-6-9-12-15-16-17-18-21-24-29-35(42-36(39)30-25-26-31-38(4)5)33-41-37(40)32-34(27-22-19-13-10-7-2)28-23-20-14-11-8-3/h34-35H,6-33H2,1-5H3. The van der Waals surface area contributed by atoms with Gasteiger partial charge in [0.05, 0.1) is 0 Å². The van der Waals surface area contributed by atoms with Crippen LogP contribution in [0, 0.1) is 5.92 Å². The zero-order valence-corrected chi connectivity index (χ0v) is 29.0. The van der Waals surface area contributed by atoms with Crippen LogP contribution in [-0.4, -0.2) is 50.2 Å². The van der Waals surface area contributed by atoms with Crippen molar-refractivity contribution >= 4 is 11.9 Å². The van der Waals surface area contributed by atoms with Gasteiger partial charge < -0.3 is 14.4 Å². The van der Waals surface area contributed by atoms with Crippen LogP contribution in [0.1, 0.15) is 188 Å². The number of esters is 2. The number of nitrogens with zero attached hydrogens (tertiary/aromatic N) is 1. The van der Waals surface area contributed by atoms with Gasteiger partial charge in [-0.25, -0.2) is 0 Å². The second kappa shape index (κ2) is 31.3. The lowest BCUT2D eigenvalue weighted by Crippen LogP contribution is -2.26. The van der Waals surface area contributed by atoms with Crippen molar-refractivity contribution in [3.8, 4) is 0 Å². The maximum atomic E-state index is 12.9. The molecule has 42 heavy (non-hydrogen) atoms. The molecule has 0 aliphatic carbocycles. The van der Waals surface area contributed by atoms with E-state index in [1.807, 2.05) is 0 Å². The van der Waals surface area contributed by atoms with Crippen molar-refractivity contribution in [2.75, 3.05) is 27.2 Å². The van der Waals surface area contributed by atoms with Gasteiger partial charge in [0.15, 0.2) is 0 Å². The minimum absolute atomic E-state index is 0.110. The summed E-state index contributed by atoms with van der Waals surface area (Å²) < 4.78 is 11.7. The predicted octanol–water partition coefficient (Wildman–Crippen LogP) is 10.8. The van der Waals surface area contributed by atoms with Gasteiger partial charge in [-0.3, -0.25) is 9.59 Å². The first kappa shape index (κ1) is 40.9. The summed E-state index contributed by atoms with van der Waals surface area (Å²) in [5.41, 5.74) is 0. The largest absolute Gasteiger partial charge is 0.462 e. The number of rotatable bonds is 32. The van der Waals surface area contributed by atoms with E-state index in [-0.39, 0.29) is 24.6 Å². The first-order chi connectivity index (χ1) is 20.4. The minimum atomic E-state index is -0.318. The molecule has 0 aromatic rings. The number of hydrogen-bond donors (Lipinski definition) is 0. The van der Waals surface area contributed by atoms with E-state index >= 15 is 0 Å². The van der Waals surface area contributed by atoms with E-state index in [4.69, 9.17) is 9.47 Å². The van der Waals surface area contributed by atoms with Crippen molar-refractivity contribution in [2.24, 2.45) is 5.92 Å². The van der Waals surface area contributed by atoms with Gasteiger partial charge in [-0.15, -0.1) is 0 Å². The van der Waals surface area contributed by atoms with Crippen molar-refractivity contribution in [3.05, 3.63) is 0 Å². The number of carbonyl (C=O) groups excluding carboxylic acids is 2. The molecular formula is C37H73NO4. The van der Waals surface area contributed by atoms with Gasteiger partial charge in [0.1, 0.15) is 12.7 Å². The van der Waals surface area contributed by atoms with Crippen LogP contribution in [0.15, 0.2) is 0 Å². The Morgan fingerprint density at radius 2 is 1.00 bits per heavy atom. The van der Waals surface area contributed by atoms with Gasteiger partial charge in [-0.05, 0) is 65.1 Å². The minimum Gasteiger partial charge on any atom is -0.462 e. The second-order valence-corrected chi connectivity index (χ2v) is 13.1. The van der Waals surface area contributed by atoms with Crippen LogP contribution >= 0.6 is 0 Å². The first-order valence-electron chi connectivity index (χ1n) is 18.4. The first-order valence-corrected chi connectivity index (χ1v) is 18.4. The van der Waals surface area contributed by atoms with E-state index in [0.29, 0.717) is 18.8 Å². The Balaban J connectivity index is 4.71. The van der Waals surface area contributed by atoms with E-state index in [1.54, 1.807) is 0 Å². The molecule has 0 bridgehead atoms. The third-order valence-electron chi connectivity index (χ3n) is 8.48. The molecule has 0 aliphatic heterocycles. The molecule has 0 radical (unpaired) electrons. The summed E-state index contributed by atoms with van der Waals surface area (Å²) in [5.74, 6) is 0.153. The predicted molar refractivity (Wildman–Crippen MR) is 180 cm³/mol. The highest BCUT2D eigenvalue weighted by Gasteiger charge is 2.19. The Morgan fingerprint density at radius 1 is 0.548 bits per heavy atom. The highest BCUT2D eigenvalue weighted by atomic mass is 16.6. The average molecular weight is 596 g/mol. The van der Waals surface area contributed by atoms with Gasteiger partial charge in [-0.1, -0.05) is 136 Å². The van der Waals surface area contributed by atoms with Crippen LogP contribution in [0.5, 0.6) is 0 Å². The molecule has 0 rings (SSSR count). The molecule has 5 heteroatoms. The number of ether oxygens (including phenoxy) is 2. The molecule has 0 aliphatic rings. The molecule has 0 aromatic heterocycles. The summed E-state index contributed by atoms with van der Waals surface area (Å²) in [7, 11) is 4.11. The zero-order valence-electron chi connectivity index (χ0n) is 29.0.